The van der Waals surface area contributed by atoms with Crippen LogP contribution in [-0.4, -0.2) is 39.3 Å². The number of hydrogen-bond acceptors (Lipinski definition) is 4. The number of rotatable bonds is 3. The molecule has 0 aromatic carbocycles. The first-order valence-corrected chi connectivity index (χ1v) is 8.40. The Morgan fingerprint density at radius 2 is 2.00 bits per heavy atom. The fraction of sp³-hybridized carbons (Fsp3) is 0.667. The van der Waals surface area contributed by atoms with E-state index >= 15 is 0 Å². The van der Waals surface area contributed by atoms with Gasteiger partial charge in [0, 0.05) is 25.1 Å². The number of halogens is 2. The van der Waals surface area contributed by atoms with Crippen molar-refractivity contribution in [2.45, 2.75) is 37.4 Å². The molecule has 2 amide bonds. The lowest BCUT2D eigenvalue weighted by molar-refractivity contribution is -0.139. The number of alkyl halides is 2. The Kier molecular flexibility index (Phi) is 4.09. The molecule has 23 heavy (non-hydrogen) atoms. The number of anilines is 1. The molecule has 6 nitrogen and oxygen atoms in total. The molecule has 3 rings (SSSR count). The van der Waals surface area contributed by atoms with Gasteiger partial charge in [-0.25, -0.2) is 0 Å². The molecule has 0 radical (unpaired) electrons. The van der Waals surface area contributed by atoms with E-state index in [1.807, 2.05) is 0 Å². The molecule has 1 atom stereocenters. The van der Waals surface area contributed by atoms with Crippen LogP contribution in [0.2, 0.25) is 0 Å². The molecule has 126 valence electrons. The van der Waals surface area contributed by atoms with E-state index in [0.717, 1.165) is 0 Å². The molecular weight excluding hydrogens is 341 g/mol. The molecule has 0 unspecified atom stereocenters. The maximum atomic E-state index is 12.5. The highest BCUT2D eigenvalue weighted by Gasteiger charge is 2.68. The summed E-state index contributed by atoms with van der Waals surface area (Å²) in [6.45, 7) is 4.63. The van der Waals surface area contributed by atoms with Gasteiger partial charge in [-0.1, -0.05) is 5.16 Å². The largest absolute Gasteiger partial charge is 0.360 e. The summed E-state index contributed by atoms with van der Waals surface area (Å²) < 4.78 is 3.97. The van der Waals surface area contributed by atoms with Gasteiger partial charge in [-0.15, -0.1) is 23.2 Å². The summed E-state index contributed by atoms with van der Waals surface area (Å²) in [6.07, 6.45) is 1.71. The average Bonchev–Trinajstić information content (AvgIpc) is 2.81. The van der Waals surface area contributed by atoms with Gasteiger partial charge in [0.05, 0.1) is 5.41 Å². The van der Waals surface area contributed by atoms with Gasteiger partial charge in [0.1, 0.15) is 10.1 Å². The van der Waals surface area contributed by atoms with Gasteiger partial charge >= 0.3 is 0 Å². The maximum absolute atomic E-state index is 12.5. The zero-order valence-corrected chi connectivity index (χ0v) is 14.6. The van der Waals surface area contributed by atoms with Crippen LogP contribution in [0, 0.1) is 18.3 Å². The van der Waals surface area contributed by atoms with Crippen LogP contribution >= 0.6 is 23.2 Å². The van der Waals surface area contributed by atoms with E-state index in [1.54, 1.807) is 24.8 Å². The lowest BCUT2D eigenvalue weighted by atomic mass is 9.94. The van der Waals surface area contributed by atoms with Crippen LogP contribution in [0.5, 0.6) is 0 Å². The summed E-state index contributed by atoms with van der Waals surface area (Å²) in [5, 5.41) is 6.49. The fourth-order valence-corrected chi connectivity index (χ4v) is 3.68. The van der Waals surface area contributed by atoms with E-state index in [1.165, 1.54) is 0 Å². The molecule has 1 aliphatic heterocycles. The number of piperidine rings is 1. The molecule has 2 fully saturated rings. The number of likely N-dealkylation sites (tertiary alicyclic amines) is 1. The van der Waals surface area contributed by atoms with Crippen LogP contribution in [0.4, 0.5) is 5.82 Å². The minimum Gasteiger partial charge on any atom is -0.360 e. The molecule has 1 aromatic rings. The van der Waals surface area contributed by atoms with Gasteiger partial charge in [0.15, 0.2) is 5.82 Å². The van der Waals surface area contributed by atoms with E-state index in [4.69, 9.17) is 27.7 Å². The van der Waals surface area contributed by atoms with Crippen LogP contribution in [0.3, 0.4) is 0 Å². The van der Waals surface area contributed by atoms with Crippen molar-refractivity contribution in [2.75, 3.05) is 18.4 Å². The maximum Gasteiger partial charge on any atom is 0.231 e. The fourth-order valence-electron chi connectivity index (χ4n) is 2.98. The Labute approximate surface area is 144 Å². The third-order valence-electron chi connectivity index (χ3n) is 4.76. The predicted molar refractivity (Wildman–Crippen MR) is 86.3 cm³/mol. The minimum absolute atomic E-state index is 0.0199. The summed E-state index contributed by atoms with van der Waals surface area (Å²) in [4.78, 5) is 26.5. The Hall–Kier alpha value is -1.27. The summed E-state index contributed by atoms with van der Waals surface area (Å²) in [5.41, 5.74) is -0.691. The molecule has 2 aliphatic rings. The third-order valence-corrected chi connectivity index (χ3v) is 5.86. The quantitative estimate of drug-likeness (QED) is 0.841. The van der Waals surface area contributed by atoms with Gasteiger partial charge in [-0.2, -0.15) is 0 Å². The topological polar surface area (TPSA) is 75.4 Å². The summed E-state index contributed by atoms with van der Waals surface area (Å²) in [5.74, 6) is 0.815. The van der Waals surface area contributed by atoms with Gasteiger partial charge in [-0.05, 0) is 33.1 Å². The second-order valence-corrected chi connectivity index (χ2v) is 8.08. The number of nitrogens with one attached hydrogen (secondary N) is 1. The number of amides is 2. The minimum atomic E-state index is -0.955. The first-order chi connectivity index (χ1) is 10.7. The molecule has 1 N–H and O–H groups in total. The Morgan fingerprint density at radius 3 is 2.48 bits per heavy atom. The molecule has 8 heteroatoms. The number of nitrogens with zero attached hydrogens (tertiary/aromatic N) is 2. The van der Waals surface area contributed by atoms with E-state index in [9.17, 15) is 9.59 Å². The first-order valence-electron chi connectivity index (χ1n) is 7.64. The molecule has 1 aromatic heterocycles. The van der Waals surface area contributed by atoms with Gasteiger partial charge in [0.2, 0.25) is 11.8 Å². The number of aryl methyl sites for hydroxylation is 1. The van der Waals surface area contributed by atoms with Gasteiger partial charge in [-0.3, -0.25) is 9.59 Å². The van der Waals surface area contributed by atoms with Crippen LogP contribution in [0.1, 0.15) is 31.9 Å². The lowest BCUT2D eigenvalue weighted by Crippen LogP contribution is -2.45. The number of aromatic nitrogens is 1. The van der Waals surface area contributed by atoms with Gasteiger partial charge in [0.25, 0.3) is 0 Å². The summed E-state index contributed by atoms with van der Waals surface area (Å²) >= 11 is 12.1. The highest BCUT2D eigenvalue weighted by atomic mass is 35.5. The number of hydrogen-bond donors (Lipinski definition) is 1. The second-order valence-electron chi connectivity index (χ2n) is 6.59. The molecule has 2 heterocycles. The number of carbonyl (C=O) groups is 2. The lowest BCUT2D eigenvalue weighted by Gasteiger charge is -2.33. The van der Waals surface area contributed by atoms with Crippen molar-refractivity contribution >= 4 is 40.8 Å². The van der Waals surface area contributed by atoms with E-state index in [2.05, 4.69) is 10.5 Å². The van der Waals surface area contributed by atoms with Crippen molar-refractivity contribution in [1.29, 1.82) is 0 Å². The number of carbonyl (C=O) groups excluding carboxylic acids is 2. The Balaban J connectivity index is 1.52. The van der Waals surface area contributed by atoms with Crippen molar-refractivity contribution in [3.05, 3.63) is 11.8 Å². The van der Waals surface area contributed by atoms with E-state index in [-0.39, 0.29) is 17.7 Å². The van der Waals surface area contributed by atoms with Crippen LogP contribution in [-0.2, 0) is 9.59 Å². The van der Waals surface area contributed by atoms with Crippen molar-refractivity contribution in [3.8, 4) is 0 Å². The first kappa shape index (κ1) is 16.6. The monoisotopic (exact) mass is 359 g/mol. The Bertz CT molecular complexity index is 638. The zero-order valence-electron chi connectivity index (χ0n) is 13.1. The van der Waals surface area contributed by atoms with Crippen LogP contribution in [0.25, 0.3) is 0 Å². The highest BCUT2D eigenvalue weighted by molar-refractivity contribution is 6.53. The molecule has 1 saturated heterocycles. The van der Waals surface area contributed by atoms with Crippen LogP contribution < -0.4 is 5.32 Å². The molecule has 1 aliphatic carbocycles. The van der Waals surface area contributed by atoms with Crippen LogP contribution in [0.15, 0.2) is 10.6 Å². The van der Waals surface area contributed by atoms with E-state index < -0.39 is 9.75 Å². The smallest absolute Gasteiger partial charge is 0.231 e. The van der Waals surface area contributed by atoms with Crippen molar-refractivity contribution in [1.82, 2.24) is 10.1 Å². The molecule has 0 spiro atoms. The van der Waals surface area contributed by atoms with Crippen molar-refractivity contribution in [3.63, 3.8) is 0 Å². The summed E-state index contributed by atoms with van der Waals surface area (Å²) in [7, 11) is 0. The molecule has 1 saturated carbocycles. The molecular formula is C15H19Cl2N3O3. The SMILES string of the molecule is Cc1cc(NC(=O)C2CCN(C(=O)[C@]3(C)CC3(Cl)Cl)CC2)no1. The molecule has 0 bridgehead atoms. The normalized spacial score (nSPS) is 26.9. The third kappa shape index (κ3) is 3.06. The van der Waals surface area contributed by atoms with Crippen molar-refractivity contribution in [2.24, 2.45) is 11.3 Å². The Morgan fingerprint density at radius 1 is 1.39 bits per heavy atom. The summed E-state index contributed by atoms with van der Waals surface area (Å²) in [6, 6.07) is 1.67. The average molecular weight is 360 g/mol. The van der Waals surface area contributed by atoms with E-state index in [0.29, 0.717) is 43.9 Å². The zero-order chi connectivity index (χ0) is 16.8. The highest BCUT2D eigenvalue weighted by Crippen LogP contribution is 2.64. The van der Waals surface area contributed by atoms with Crippen molar-refractivity contribution < 1.29 is 14.1 Å². The predicted octanol–water partition coefficient (Wildman–Crippen LogP) is 2.74. The van der Waals surface area contributed by atoms with Gasteiger partial charge < -0.3 is 14.7 Å². The standard InChI is InChI=1S/C15H19Cl2N3O3/c1-9-7-11(19-23-9)18-12(21)10-3-5-20(6-4-10)13(22)14(2)8-15(14,16)17/h7,10H,3-6,8H2,1-2H3,(H,18,19,21)/t14-/m0/s1. The second kappa shape index (κ2) is 5.67.